The third-order valence-corrected chi connectivity index (χ3v) is 5.13. The summed E-state index contributed by atoms with van der Waals surface area (Å²) in [6, 6.07) is 10.2. The zero-order chi connectivity index (χ0) is 19.1. The van der Waals surface area contributed by atoms with Crippen LogP contribution in [0.25, 0.3) is 0 Å². The fraction of sp³-hybridized carbons (Fsp3) is 0.579. The Labute approximate surface area is 152 Å². The van der Waals surface area contributed by atoms with E-state index >= 15 is 0 Å². The molecule has 1 aromatic carbocycles. The van der Waals surface area contributed by atoms with Gasteiger partial charge in [0, 0.05) is 14.6 Å². The molecule has 0 spiro atoms. The number of hydrogen-bond donors (Lipinski definition) is 1. The van der Waals surface area contributed by atoms with Crippen molar-refractivity contribution in [2.45, 2.75) is 58.0 Å². The highest BCUT2D eigenvalue weighted by molar-refractivity contribution is 6.76. The molecule has 1 rings (SSSR count). The molecule has 1 aromatic rings. The number of hydrogen-bond acceptors (Lipinski definition) is 4. The van der Waals surface area contributed by atoms with Crippen molar-refractivity contribution in [3.63, 3.8) is 0 Å². The Morgan fingerprint density at radius 2 is 1.72 bits per heavy atom. The van der Waals surface area contributed by atoms with Crippen LogP contribution < -0.4 is 5.32 Å². The topological polar surface area (TPSA) is 64.6 Å². The van der Waals surface area contributed by atoms with E-state index in [1.165, 1.54) is 0 Å². The second kappa shape index (κ2) is 9.04. The van der Waals surface area contributed by atoms with Gasteiger partial charge in [0.1, 0.15) is 5.60 Å². The number of carbonyl (C=O) groups is 2. The molecule has 6 heteroatoms. The van der Waals surface area contributed by atoms with Gasteiger partial charge in [-0.2, -0.15) is 0 Å². The number of amides is 1. The van der Waals surface area contributed by atoms with Crippen LogP contribution in [0.1, 0.15) is 32.3 Å². The lowest BCUT2D eigenvalue weighted by Crippen LogP contribution is -2.36. The Morgan fingerprint density at radius 1 is 1.12 bits per heavy atom. The first-order valence-corrected chi connectivity index (χ1v) is 12.4. The van der Waals surface area contributed by atoms with Crippen LogP contribution in [0.15, 0.2) is 30.3 Å². The van der Waals surface area contributed by atoms with Crippen LogP contribution in [0.4, 0.5) is 4.79 Å². The van der Waals surface area contributed by atoms with Gasteiger partial charge in [0.25, 0.3) is 0 Å². The lowest BCUT2D eigenvalue weighted by molar-refractivity contribution is -0.156. The van der Waals surface area contributed by atoms with Crippen molar-refractivity contribution in [3.05, 3.63) is 35.9 Å². The van der Waals surface area contributed by atoms with Gasteiger partial charge in [-0.15, -0.1) is 0 Å². The van der Waals surface area contributed by atoms with Crippen LogP contribution in [0.5, 0.6) is 0 Å². The molecule has 1 unspecified atom stereocenters. The summed E-state index contributed by atoms with van der Waals surface area (Å²) in [5, 5.41) is 2.69. The van der Waals surface area contributed by atoms with Crippen LogP contribution in [0.3, 0.4) is 0 Å². The molecular formula is C19H31NO4Si. The largest absolute Gasteiger partial charge is 0.459 e. The Bertz CT molecular complexity index is 561. The summed E-state index contributed by atoms with van der Waals surface area (Å²) >= 11 is 0. The van der Waals surface area contributed by atoms with Crippen molar-refractivity contribution >= 4 is 20.1 Å². The number of benzene rings is 1. The van der Waals surface area contributed by atoms with Crippen molar-refractivity contribution in [1.29, 1.82) is 0 Å². The molecule has 0 saturated carbocycles. The van der Waals surface area contributed by atoms with E-state index in [1.807, 2.05) is 51.1 Å². The molecule has 5 nitrogen and oxygen atoms in total. The zero-order valence-electron chi connectivity index (χ0n) is 16.2. The number of nitrogens with one attached hydrogen (secondary N) is 1. The lowest BCUT2D eigenvalue weighted by atomic mass is 9.99. The first-order chi connectivity index (χ1) is 11.5. The summed E-state index contributed by atoms with van der Waals surface area (Å²) in [5.74, 6) is -0.925. The van der Waals surface area contributed by atoms with E-state index in [-0.39, 0.29) is 12.5 Å². The van der Waals surface area contributed by atoms with Crippen LogP contribution in [-0.4, -0.2) is 38.9 Å². The van der Waals surface area contributed by atoms with Crippen molar-refractivity contribution in [2.75, 3.05) is 13.2 Å². The summed E-state index contributed by atoms with van der Waals surface area (Å²) in [6.45, 7) is 12.7. The quantitative estimate of drug-likeness (QED) is 0.581. The highest BCUT2D eigenvalue weighted by Gasteiger charge is 2.27. The average Bonchev–Trinajstić information content (AvgIpc) is 2.45. The molecule has 0 bridgehead atoms. The SMILES string of the molecule is CC(C)(C)OC(=O)C(CNC(=O)OCC[Si](C)(C)C)c1ccccc1. The van der Waals surface area contributed by atoms with Crippen molar-refractivity contribution in [1.82, 2.24) is 5.32 Å². The molecule has 25 heavy (non-hydrogen) atoms. The third-order valence-electron chi connectivity index (χ3n) is 3.43. The van der Waals surface area contributed by atoms with Crippen LogP contribution >= 0.6 is 0 Å². The van der Waals surface area contributed by atoms with E-state index in [0.29, 0.717) is 6.61 Å². The van der Waals surface area contributed by atoms with Crippen molar-refractivity contribution in [3.8, 4) is 0 Å². The number of esters is 1. The minimum Gasteiger partial charge on any atom is -0.459 e. The molecule has 0 saturated heterocycles. The van der Waals surface area contributed by atoms with E-state index < -0.39 is 25.7 Å². The average molecular weight is 366 g/mol. The van der Waals surface area contributed by atoms with Gasteiger partial charge in [-0.25, -0.2) is 4.79 Å². The van der Waals surface area contributed by atoms with Gasteiger partial charge in [0.2, 0.25) is 0 Å². The van der Waals surface area contributed by atoms with Crippen LogP contribution in [-0.2, 0) is 14.3 Å². The van der Waals surface area contributed by atoms with E-state index in [4.69, 9.17) is 9.47 Å². The van der Waals surface area contributed by atoms with E-state index in [0.717, 1.165) is 11.6 Å². The van der Waals surface area contributed by atoms with Gasteiger partial charge in [0.05, 0.1) is 12.5 Å². The standard InChI is InChI=1S/C19H31NO4Si/c1-19(2,3)24-17(21)16(15-10-8-7-9-11-15)14-20-18(22)23-12-13-25(4,5)6/h7-11,16H,12-14H2,1-6H3,(H,20,22). The highest BCUT2D eigenvalue weighted by Crippen LogP contribution is 2.20. The lowest BCUT2D eigenvalue weighted by Gasteiger charge is -2.24. The van der Waals surface area contributed by atoms with E-state index in [9.17, 15) is 9.59 Å². The predicted molar refractivity (Wildman–Crippen MR) is 103 cm³/mol. The smallest absolute Gasteiger partial charge is 0.407 e. The predicted octanol–water partition coefficient (Wildman–Crippen LogP) is 4.18. The van der Waals surface area contributed by atoms with Gasteiger partial charge < -0.3 is 14.8 Å². The monoisotopic (exact) mass is 365 g/mol. The zero-order valence-corrected chi connectivity index (χ0v) is 17.2. The van der Waals surface area contributed by atoms with Crippen LogP contribution in [0.2, 0.25) is 25.7 Å². The Hall–Kier alpha value is -1.82. The van der Waals surface area contributed by atoms with E-state index in [2.05, 4.69) is 25.0 Å². The molecule has 0 radical (unpaired) electrons. The minimum absolute atomic E-state index is 0.144. The number of carbonyl (C=O) groups excluding carboxylic acids is 2. The molecule has 1 N–H and O–H groups in total. The molecule has 140 valence electrons. The first kappa shape index (κ1) is 21.2. The van der Waals surface area contributed by atoms with Crippen molar-refractivity contribution < 1.29 is 19.1 Å². The fourth-order valence-corrected chi connectivity index (χ4v) is 2.80. The number of ether oxygens (including phenoxy) is 2. The first-order valence-electron chi connectivity index (χ1n) is 8.66. The Kier molecular flexibility index (Phi) is 7.67. The molecule has 0 aromatic heterocycles. The Morgan fingerprint density at radius 3 is 2.24 bits per heavy atom. The third kappa shape index (κ3) is 9.29. The molecule has 1 amide bonds. The molecule has 0 aliphatic carbocycles. The van der Waals surface area contributed by atoms with Gasteiger partial charge >= 0.3 is 12.1 Å². The van der Waals surface area contributed by atoms with Gasteiger partial charge in [0.15, 0.2) is 0 Å². The van der Waals surface area contributed by atoms with Gasteiger partial charge in [-0.05, 0) is 32.4 Å². The summed E-state index contributed by atoms with van der Waals surface area (Å²) in [7, 11) is -1.25. The molecular weight excluding hydrogens is 334 g/mol. The van der Waals surface area contributed by atoms with Crippen molar-refractivity contribution in [2.24, 2.45) is 0 Å². The maximum atomic E-state index is 12.5. The maximum absolute atomic E-state index is 12.5. The summed E-state index contributed by atoms with van der Waals surface area (Å²) in [6.07, 6.45) is -0.497. The van der Waals surface area contributed by atoms with Gasteiger partial charge in [-0.1, -0.05) is 50.0 Å². The highest BCUT2D eigenvalue weighted by atomic mass is 28.3. The van der Waals surface area contributed by atoms with Gasteiger partial charge in [-0.3, -0.25) is 4.79 Å². The number of rotatable bonds is 7. The fourth-order valence-electron chi connectivity index (χ4n) is 2.08. The van der Waals surface area contributed by atoms with Crippen LogP contribution in [0, 0.1) is 0 Å². The normalized spacial score (nSPS) is 13.0. The summed E-state index contributed by atoms with van der Waals surface area (Å²) in [5.41, 5.74) is 0.223. The molecule has 1 atom stereocenters. The second-order valence-electron chi connectivity index (χ2n) is 8.32. The molecule has 0 aliphatic heterocycles. The maximum Gasteiger partial charge on any atom is 0.407 e. The molecule has 0 aliphatic rings. The molecule has 0 fully saturated rings. The Balaban J connectivity index is 2.65. The van der Waals surface area contributed by atoms with E-state index in [1.54, 1.807) is 0 Å². The summed E-state index contributed by atoms with van der Waals surface area (Å²) < 4.78 is 10.7. The minimum atomic E-state index is -1.25. The number of alkyl carbamates (subject to hydrolysis) is 1. The second-order valence-corrected chi connectivity index (χ2v) is 13.9. The summed E-state index contributed by atoms with van der Waals surface area (Å²) in [4.78, 5) is 24.4. The molecule has 0 heterocycles.